The second-order valence-corrected chi connectivity index (χ2v) is 5.52. The summed E-state index contributed by atoms with van der Waals surface area (Å²) in [5, 5.41) is 12.4. The zero-order valence-corrected chi connectivity index (χ0v) is 11.6. The highest BCUT2D eigenvalue weighted by Gasteiger charge is 2.30. The molecule has 1 aliphatic rings. The van der Waals surface area contributed by atoms with Crippen molar-refractivity contribution in [2.75, 3.05) is 0 Å². The van der Waals surface area contributed by atoms with Gasteiger partial charge in [-0.3, -0.25) is 0 Å². The molecule has 0 spiro atoms. The molecule has 1 fully saturated rings. The fourth-order valence-corrected chi connectivity index (χ4v) is 3.13. The van der Waals surface area contributed by atoms with E-state index in [1.165, 1.54) is 25.3 Å². The van der Waals surface area contributed by atoms with Gasteiger partial charge in [-0.05, 0) is 42.4 Å². The highest BCUT2D eigenvalue weighted by atomic mass is 19.1. The topological polar surface area (TPSA) is 35.8 Å². The summed E-state index contributed by atoms with van der Waals surface area (Å²) in [5.74, 6) is 1.08. The summed E-state index contributed by atoms with van der Waals surface area (Å²) in [6, 6.07) is 7.19. The lowest BCUT2D eigenvalue weighted by Crippen LogP contribution is -2.32. The van der Waals surface area contributed by atoms with Crippen molar-refractivity contribution in [2.45, 2.75) is 45.7 Å². The summed E-state index contributed by atoms with van der Waals surface area (Å²) in [6.45, 7) is 5.27. The van der Waals surface area contributed by atoms with E-state index in [0.717, 1.165) is 11.5 Å². The molecule has 3 heteroatoms. The van der Waals surface area contributed by atoms with Crippen molar-refractivity contribution in [3.05, 3.63) is 35.1 Å². The fourth-order valence-electron chi connectivity index (χ4n) is 3.13. The number of nitriles is 1. The highest BCUT2D eigenvalue weighted by molar-refractivity contribution is 5.34. The molecule has 0 radical (unpaired) electrons. The van der Waals surface area contributed by atoms with Gasteiger partial charge in [0.05, 0.1) is 5.56 Å². The van der Waals surface area contributed by atoms with Crippen LogP contribution in [0.15, 0.2) is 18.2 Å². The summed E-state index contributed by atoms with van der Waals surface area (Å²) in [4.78, 5) is 0. The number of halogens is 1. The molecule has 0 bridgehead atoms. The molecular weight excluding hydrogens is 239 g/mol. The molecule has 0 aromatic heterocycles. The maximum atomic E-state index is 13.2. The predicted octanol–water partition coefficient (Wildman–Crippen LogP) is 3.61. The van der Waals surface area contributed by atoms with Gasteiger partial charge in [-0.25, -0.2) is 4.39 Å². The number of rotatable bonds is 4. The summed E-state index contributed by atoms with van der Waals surface area (Å²) >= 11 is 0. The maximum Gasteiger partial charge on any atom is 0.140 e. The molecule has 1 aromatic carbocycles. The van der Waals surface area contributed by atoms with E-state index in [1.807, 2.05) is 6.07 Å². The van der Waals surface area contributed by atoms with Gasteiger partial charge in [-0.1, -0.05) is 26.3 Å². The third kappa shape index (κ3) is 3.13. The van der Waals surface area contributed by atoms with Crippen LogP contribution in [0.25, 0.3) is 0 Å². The summed E-state index contributed by atoms with van der Waals surface area (Å²) in [7, 11) is 0. The third-order valence-corrected chi connectivity index (χ3v) is 4.47. The first kappa shape index (κ1) is 14.0. The molecule has 1 aromatic rings. The molecule has 1 aliphatic carbocycles. The van der Waals surface area contributed by atoms with Crippen molar-refractivity contribution in [3.63, 3.8) is 0 Å². The van der Waals surface area contributed by atoms with Crippen molar-refractivity contribution < 1.29 is 4.39 Å². The first-order valence-electron chi connectivity index (χ1n) is 7.07. The summed E-state index contributed by atoms with van der Waals surface area (Å²) in [6.07, 6.45) is 3.75. The monoisotopic (exact) mass is 260 g/mol. The molecule has 19 heavy (non-hydrogen) atoms. The Kier molecular flexibility index (Phi) is 4.55. The first-order chi connectivity index (χ1) is 9.15. The predicted molar refractivity (Wildman–Crippen MR) is 73.9 cm³/mol. The highest BCUT2D eigenvalue weighted by Crippen LogP contribution is 2.33. The van der Waals surface area contributed by atoms with Gasteiger partial charge >= 0.3 is 0 Å². The van der Waals surface area contributed by atoms with Crippen LogP contribution >= 0.6 is 0 Å². The summed E-state index contributed by atoms with van der Waals surface area (Å²) in [5.41, 5.74) is 1.11. The number of hydrogen-bond acceptors (Lipinski definition) is 2. The van der Waals surface area contributed by atoms with Crippen molar-refractivity contribution in [1.82, 2.24) is 5.32 Å². The Labute approximate surface area is 114 Å². The Balaban J connectivity index is 1.95. The molecule has 3 atom stereocenters. The molecule has 102 valence electrons. The Morgan fingerprint density at radius 3 is 2.84 bits per heavy atom. The molecule has 0 saturated heterocycles. The van der Waals surface area contributed by atoms with E-state index in [-0.39, 0.29) is 5.56 Å². The Hall–Kier alpha value is -1.40. The zero-order valence-electron chi connectivity index (χ0n) is 11.6. The minimum absolute atomic E-state index is 0.130. The van der Waals surface area contributed by atoms with E-state index in [9.17, 15) is 4.39 Å². The second kappa shape index (κ2) is 6.16. The largest absolute Gasteiger partial charge is 0.310 e. The molecular formula is C16H21FN2. The minimum Gasteiger partial charge on any atom is -0.310 e. The van der Waals surface area contributed by atoms with Crippen LogP contribution in [0.3, 0.4) is 0 Å². The molecule has 1 saturated carbocycles. The normalized spacial score (nSPS) is 26.3. The average Bonchev–Trinajstić information content (AvgIpc) is 2.78. The van der Waals surface area contributed by atoms with Crippen LogP contribution in [0.2, 0.25) is 0 Å². The van der Waals surface area contributed by atoms with Crippen LogP contribution in [0.1, 0.15) is 44.2 Å². The van der Waals surface area contributed by atoms with E-state index in [2.05, 4.69) is 19.2 Å². The average molecular weight is 260 g/mol. The van der Waals surface area contributed by atoms with Crippen LogP contribution < -0.4 is 5.32 Å². The smallest absolute Gasteiger partial charge is 0.140 e. The SMILES string of the molecule is CCC1CCC(NCc2ccc(F)c(C#N)c2)C1C. The first-order valence-corrected chi connectivity index (χ1v) is 7.07. The zero-order chi connectivity index (χ0) is 13.8. The Morgan fingerprint density at radius 2 is 2.21 bits per heavy atom. The molecule has 0 heterocycles. The van der Waals surface area contributed by atoms with Gasteiger partial charge in [0.15, 0.2) is 0 Å². The molecule has 0 aliphatic heterocycles. The molecule has 2 rings (SSSR count). The van der Waals surface area contributed by atoms with Gasteiger partial charge in [0.2, 0.25) is 0 Å². The maximum absolute atomic E-state index is 13.2. The summed E-state index contributed by atoms with van der Waals surface area (Å²) < 4.78 is 13.2. The van der Waals surface area contributed by atoms with Crippen molar-refractivity contribution in [3.8, 4) is 6.07 Å². The van der Waals surface area contributed by atoms with E-state index in [1.54, 1.807) is 12.1 Å². The third-order valence-electron chi connectivity index (χ3n) is 4.47. The van der Waals surface area contributed by atoms with Gasteiger partial charge in [0, 0.05) is 12.6 Å². The van der Waals surface area contributed by atoms with E-state index in [0.29, 0.717) is 18.5 Å². The van der Waals surface area contributed by atoms with Gasteiger partial charge in [-0.2, -0.15) is 5.26 Å². The Bertz CT molecular complexity index is 478. The van der Waals surface area contributed by atoms with E-state index >= 15 is 0 Å². The van der Waals surface area contributed by atoms with Crippen LogP contribution in [0.5, 0.6) is 0 Å². The van der Waals surface area contributed by atoms with Gasteiger partial charge < -0.3 is 5.32 Å². The molecule has 2 nitrogen and oxygen atoms in total. The van der Waals surface area contributed by atoms with Gasteiger partial charge in [-0.15, -0.1) is 0 Å². The van der Waals surface area contributed by atoms with Crippen LogP contribution in [-0.4, -0.2) is 6.04 Å². The van der Waals surface area contributed by atoms with Crippen LogP contribution in [0, 0.1) is 29.0 Å². The number of benzene rings is 1. The van der Waals surface area contributed by atoms with Crippen LogP contribution in [0.4, 0.5) is 4.39 Å². The number of nitrogens with zero attached hydrogens (tertiary/aromatic N) is 1. The lowest BCUT2D eigenvalue weighted by atomic mass is 9.93. The number of nitrogens with one attached hydrogen (secondary N) is 1. The van der Waals surface area contributed by atoms with Crippen molar-refractivity contribution >= 4 is 0 Å². The van der Waals surface area contributed by atoms with Gasteiger partial charge in [0.1, 0.15) is 11.9 Å². The quantitative estimate of drug-likeness (QED) is 0.897. The molecule has 0 amide bonds. The van der Waals surface area contributed by atoms with Crippen molar-refractivity contribution in [2.24, 2.45) is 11.8 Å². The minimum atomic E-state index is -0.438. The van der Waals surface area contributed by atoms with E-state index < -0.39 is 5.82 Å². The standard InChI is InChI=1S/C16H21FN2/c1-3-13-5-7-16(11(13)2)19-10-12-4-6-15(17)14(8-12)9-18/h4,6,8,11,13,16,19H,3,5,7,10H2,1-2H3. The van der Waals surface area contributed by atoms with Gasteiger partial charge in [0.25, 0.3) is 0 Å². The second-order valence-electron chi connectivity index (χ2n) is 5.52. The van der Waals surface area contributed by atoms with E-state index in [4.69, 9.17) is 5.26 Å². The van der Waals surface area contributed by atoms with Crippen LogP contribution in [-0.2, 0) is 6.54 Å². The lowest BCUT2D eigenvalue weighted by molar-refractivity contribution is 0.344. The lowest BCUT2D eigenvalue weighted by Gasteiger charge is -2.21. The Morgan fingerprint density at radius 1 is 1.42 bits per heavy atom. The molecule has 1 N–H and O–H groups in total. The molecule has 3 unspecified atom stereocenters. The number of hydrogen-bond donors (Lipinski definition) is 1. The fraction of sp³-hybridized carbons (Fsp3) is 0.562. The van der Waals surface area contributed by atoms with Crippen molar-refractivity contribution in [1.29, 1.82) is 5.26 Å².